The zero-order chi connectivity index (χ0) is 14.5. The smallest absolute Gasteiger partial charge is 0.240 e. The van der Waals surface area contributed by atoms with Crippen LogP contribution in [0, 0.1) is 17.3 Å². The number of carbonyl (C=O) groups is 1. The predicted octanol–water partition coefficient (Wildman–Crippen LogP) is 3.19. The minimum absolute atomic E-state index is 0.384. The van der Waals surface area contributed by atoms with Crippen molar-refractivity contribution in [1.82, 2.24) is 5.32 Å². The van der Waals surface area contributed by atoms with E-state index in [1.807, 2.05) is 30.3 Å². The molecule has 0 saturated carbocycles. The fourth-order valence-corrected chi connectivity index (χ4v) is 1.97. The number of nitrogens with one attached hydrogen (secondary N) is 1. The van der Waals surface area contributed by atoms with Gasteiger partial charge in [-0.3, -0.25) is 10.1 Å². The van der Waals surface area contributed by atoms with Crippen LogP contribution in [0.15, 0.2) is 48.5 Å². The number of hydrogen-bond donors (Lipinski definition) is 1. The van der Waals surface area contributed by atoms with E-state index in [-0.39, 0.29) is 5.82 Å². The van der Waals surface area contributed by atoms with Crippen LogP contribution >= 0.6 is 0 Å². The zero-order valence-electron chi connectivity index (χ0n) is 10.9. The highest BCUT2D eigenvalue weighted by atomic mass is 19.1. The highest BCUT2D eigenvalue weighted by Gasteiger charge is 2.16. The van der Waals surface area contributed by atoms with Crippen molar-refractivity contribution in [1.29, 1.82) is 5.26 Å². The van der Waals surface area contributed by atoms with Gasteiger partial charge in [-0.25, -0.2) is 4.39 Å². The third-order valence-corrected chi connectivity index (χ3v) is 3.15. The standard InChI is InChI=1S/C16H13FN2O/c1-11(16(20)19-10-18)13-7-8-14(15(17)9-13)12-5-3-2-4-6-12/h2-9,11H,1H3,(H,19,20). The molecule has 1 unspecified atom stereocenters. The summed E-state index contributed by atoms with van der Waals surface area (Å²) in [5.41, 5.74) is 1.81. The lowest BCUT2D eigenvalue weighted by Gasteiger charge is -2.11. The van der Waals surface area contributed by atoms with Gasteiger partial charge in [-0.2, -0.15) is 5.26 Å². The molecule has 2 rings (SSSR count). The molecule has 1 N–H and O–H groups in total. The van der Waals surface area contributed by atoms with Gasteiger partial charge in [0.2, 0.25) is 5.91 Å². The van der Waals surface area contributed by atoms with Crippen molar-refractivity contribution in [2.75, 3.05) is 0 Å². The van der Waals surface area contributed by atoms with Crippen molar-refractivity contribution >= 4 is 5.91 Å². The van der Waals surface area contributed by atoms with Crippen LogP contribution in [0.5, 0.6) is 0 Å². The molecule has 1 amide bonds. The Morgan fingerprint density at radius 1 is 1.25 bits per heavy atom. The van der Waals surface area contributed by atoms with Crippen molar-refractivity contribution in [3.8, 4) is 17.3 Å². The molecule has 0 saturated heterocycles. The Labute approximate surface area is 116 Å². The maximum Gasteiger partial charge on any atom is 0.240 e. The first-order valence-electron chi connectivity index (χ1n) is 6.17. The summed E-state index contributed by atoms with van der Waals surface area (Å²) in [5, 5.41) is 10.5. The molecule has 0 aliphatic carbocycles. The number of benzene rings is 2. The normalized spacial score (nSPS) is 11.4. The molecule has 2 aromatic rings. The second-order valence-electron chi connectivity index (χ2n) is 4.43. The van der Waals surface area contributed by atoms with E-state index in [4.69, 9.17) is 5.26 Å². The molecule has 1 atom stereocenters. The molecule has 2 aromatic carbocycles. The highest BCUT2D eigenvalue weighted by Crippen LogP contribution is 2.26. The first-order valence-corrected chi connectivity index (χ1v) is 6.17. The van der Waals surface area contributed by atoms with Gasteiger partial charge in [0, 0.05) is 5.56 Å². The number of nitriles is 1. The Kier molecular flexibility index (Phi) is 4.11. The second-order valence-corrected chi connectivity index (χ2v) is 4.43. The number of amides is 1. The molecular weight excluding hydrogens is 255 g/mol. The van der Waals surface area contributed by atoms with Crippen LogP contribution in [0.25, 0.3) is 11.1 Å². The Bertz CT molecular complexity index is 662. The van der Waals surface area contributed by atoms with Gasteiger partial charge in [0.05, 0.1) is 5.92 Å². The maximum atomic E-state index is 14.1. The first-order chi connectivity index (χ1) is 9.63. The Morgan fingerprint density at radius 2 is 1.95 bits per heavy atom. The molecule has 4 heteroatoms. The summed E-state index contributed by atoms with van der Waals surface area (Å²) in [4.78, 5) is 11.6. The zero-order valence-corrected chi connectivity index (χ0v) is 10.9. The lowest BCUT2D eigenvalue weighted by Crippen LogP contribution is -2.23. The Balaban J connectivity index is 2.31. The van der Waals surface area contributed by atoms with Crippen molar-refractivity contribution in [3.63, 3.8) is 0 Å². The molecule has 0 aromatic heterocycles. The fraction of sp³-hybridized carbons (Fsp3) is 0.125. The summed E-state index contributed by atoms with van der Waals surface area (Å²) < 4.78 is 14.1. The SMILES string of the molecule is CC(C(=O)NC#N)c1ccc(-c2ccccc2)c(F)c1. The molecule has 0 aliphatic heterocycles. The summed E-state index contributed by atoms with van der Waals surface area (Å²) in [6.45, 7) is 1.63. The maximum absolute atomic E-state index is 14.1. The molecule has 0 spiro atoms. The molecule has 0 bridgehead atoms. The van der Waals surface area contributed by atoms with Crippen molar-refractivity contribution < 1.29 is 9.18 Å². The largest absolute Gasteiger partial charge is 0.273 e. The molecule has 0 fully saturated rings. The summed E-state index contributed by atoms with van der Waals surface area (Å²) in [5.74, 6) is -1.40. The summed E-state index contributed by atoms with van der Waals surface area (Å²) in [7, 11) is 0. The van der Waals surface area contributed by atoms with Crippen molar-refractivity contribution in [2.24, 2.45) is 0 Å². The van der Waals surface area contributed by atoms with Crippen LogP contribution in [-0.4, -0.2) is 5.91 Å². The second kappa shape index (κ2) is 5.98. The number of rotatable bonds is 3. The minimum atomic E-state index is -0.575. The molecule has 20 heavy (non-hydrogen) atoms. The highest BCUT2D eigenvalue weighted by molar-refractivity contribution is 5.84. The van der Waals surface area contributed by atoms with E-state index in [0.29, 0.717) is 11.1 Å². The Hall–Kier alpha value is -2.67. The quantitative estimate of drug-likeness (QED) is 0.686. The van der Waals surface area contributed by atoms with E-state index in [1.54, 1.807) is 25.2 Å². The monoisotopic (exact) mass is 268 g/mol. The molecule has 0 aliphatic rings. The van der Waals surface area contributed by atoms with Crippen LogP contribution in [0.1, 0.15) is 18.4 Å². The van der Waals surface area contributed by atoms with E-state index < -0.39 is 11.8 Å². The van der Waals surface area contributed by atoms with Gasteiger partial charge >= 0.3 is 0 Å². The van der Waals surface area contributed by atoms with Crippen LogP contribution in [0.3, 0.4) is 0 Å². The summed E-state index contributed by atoms with van der Waals surface area (Å²) in [6, 6.07) is 13.9. The van der Waals surface area contributed by atoms with Crippen molar-refractivity contribution in [2.45, 2.75) is 12.8 Å². The first kappa shape index (κ1) is 13.8. The van der Waals surface area contributed by atoms with Crippen LogP contribution in [-0.2, 0) is 4.79 Å². The third kappa shape index (κ3) is 2.83. The third-order valence-electron chi connectivity index (χ3n) is 3.15. The van der Waals surface area contributed by atoms with Crippen molar-refractivity contribution in [3.05, 3.63) is 59.9 Å². The lowest BCUT2D eigenvalue weighted by molar-refractivity contribution is -0.121. The number of halogens is 1. The molecule has 0 heterocycles. The van der Waals surface area contributed by atoms with E-state index in [0.717, 1.165) is 5.56 Å². The van der Waals surface area contributed by atoms with Crippen LogP contribution in [0.4, 0.5) is 4.39 Å². The topological polar surface area (TPSA) is 52.9 Å². The minimum Gasteiger partial charge on any atom is -0.273 e. The Morgan fingerprint density at radius 3 is 2.55 bits per heavy atom. The van der Waals surface area contributed by atoms with Gasteiger partial charge in [-0.15, -0.1) is 0 Å². The fourth-order valence-electron chi connectivity index (χ4n) is 1.97. The predicted molar refractivity (Wildman–Crippen MR) is 74.0 cm³/mol. The molecular formula is C16H13FN2O. The number of carbonyl (C=O) groups excluding carboxylic acids is 1. The summed E-state index contributed by atoms with van der Waals surface area (Å²) in [6.07, 6.45) is 1.58. The lowest BCUT2D eigenvalue weighted by atomic mass is 9.96. The van der Waals surface area contributed by atoms with Gasteiger partial charge in [0.15, 0.2) is 6.19 Å². The molecule has 100 valence electrons. The van der Waals surface area contributed by atoms with Crippen LogP contribution in [0.2, 0.25) is 0 Å². The van der Waals surface area contributed by atoms with E-state index in [1.165, 1.54) is 6.07 Å². The van der Waals surface area contributed by atoms with E-state index >= 15 is 0 Å². The average Bonchev–Trinajstić information content (AvgIpc) is 2.47. The summed E-state index contributed by atoms with van der Waals surface area (Å²) >= 11 is 0. The molecule has 0 radical (unpaired) electrons. The average molecular weight is 268 g/mol. The number of hydrogen-bond acceptors (Lipinski definition) is 2. The number of nitrogens with zero attached hydrogens (tertiary/aromatic N) is 1. The van der Waals surface area contributed by atoms with Gasteiger partial charge < -0.3 is 0 Å². The van der Waals surface area contributed by atoms with Crippen LogP contribution < -0.4 is 5.32 Å². The van der Waals surface area contributed by atoms with Gasteiger partial charge in [0.1, 0.15) is 5.82 Å². The molecule has 3 nitrogen and oxygen atoms in total. The van der Waals surface area contributed by atoms with Gasteiger partial charge in [-0.05, 0) is 24.1 Å². The van der Waals surface area contributed by atoms with Gasteiger partial charge in [-0.1, -0.05) is 42.5 Å². The van der Waals surface area contributed by atoms with E-state index in [2.05, 4.69) is 5.32 Å². The van der Waals surface area contributed by atoms with E-state index in [9.17, 15) is 9.18 Å². The van der Waals surface area contributed by atoms with Gasteiger partial charge in [0.25, 0.3) is 0 Å².